The van der Waals surface area contributed by atoms with Gasteiger partial charge in [0, 0.05) is 55.6 Å². The number of hydrogen-bond acceptors (Lipinski definition) is 3. The third kappa shape index (κ3) is 4.83. The van der Waals surface area contributed by atoms with Crippen LogP contribution in [0.5, 0.6) is 0 Å². The van der Waals surface area contributed by atoms with E-state index < -0.39 is 6.04 Å². The third-order valence-electron chi connectivity index (χ3n) is 6.30. The molecule has 1 fully saturated rings. The van der Waals surface area contributed by atoms with E-state index in [0.717, 1.165) is 34.9 Å². The predicted molar refractivity (Wildman–Crippen MR) is 121 cm³/mol. The molecular formula is C25H28FN3O3. The van der Waals surface area contributed by atoms with Crippen molar-refractivity contribution in [3.8, 4) is 0 Å². The summed E-state index contributed by atoms with van der Waals surface area (Å²) in [6.07, 6.45) is 3.71. The van der Waals surface area contributed by atoms with Crippen molar-refractivity contribution < 1.29 is 18.7 Å². The Bertz CT molecular complexity index is 1090. The van der Waals surface area contributed by atoms with Crippen LogP contribution in [0.15, 0.2) is 54.7 Å². The fourth-order valence-corrected chi connectivity index (χ4v) is 4.49. The minimum absolute atomic E-state index is 0.238. The average molecular weight is 438 g/mol. The molecule has 0 radical (unpaired) electrons. The van der Waals surface area contributed by atoms with Crippen LogP contribution in [0, 0.1) is 5.82 Å². The first-order valence-electron chi connectivity index (χ1n) is 10.9. The molecule has 1 aliphatic rings. The lowest BCUT2D eigenvalue weighted by Crippen LogP contribution is -2.51. The maximum absolute atomic E-state index is 13.5. The number of para-hydroxylation sites is 1. The van der Waals surface area contributed by atoms with Crippen molar-refractivity contribution in [2.24, 2.45) is 0 Å². The molecule has 32 heavy (non-hydrogen) atoms. The van der Waals surface area contributed by atoms with Gasteiger partial charge in [0.2, 0.25) is 11.8 Å². The van der Waals surface area contributed by atoms with E-state index >= 15 is 0 Å². The molecule has 0 saturated carbocycles. The van der Waals surface area contributed by atoms with Crippen molar-refractivity contribution in [3.63, 3.8) is 0 Å². The summed E-state index contributed by atoms with van der Waals surface area (Å²) in [7, 11) is 0. The predicted octanol–water partition coefficient (Wildman–Crippen LogP) is 3.22. The number of aromatic nitrogens is 1. The first-order valence-corrected chi connectivity index (χ1v) is 10.9. The van der Waals surface area contributed by atoms with Crippen molar-refractivity contribution in [1.82, 2.24) is 15.6 Å². The minimum atomic E-state index is -0.697. The van der Waals surface area contributed by atoms with Crippen LogP contribution in [0.25, 0.3) is 10.9 Å². The summed E-state index contributed by atoms with van der Waals surface area (Å²) < 4.78 is 19.0. The quantitative estimate of drug-likeness (QED) is 0.531. The van der Waals surface area contributed by atoms with E-state index in [1.54, 1.807) is 12.1 Å². The van der Waals surface area contributed by atoms with Crippen molar-refractivity contribution in [3.05, 3.63) is 71.7 Å². The second-order valence-corrected chi connectivity index (χ2v) is 8.43. The van der Waals surface area contributed by atoms with Crippen LogP contribution in [-0.4, -0.2) is 42.6 Å². The zero-order valence-electron chi connectivity index (χ0n) is 18.1. The van der Waals surface area contributed by atoms with Crippen LogP contribution >= 0.6 is 0 Å². The molecule has 3 aromatic rings. The standard InChI is InChI=1S/C25H28FN3O3/c1-17(30)29-23(14-18-15-27-22-5-3-2-4-21(18)22)24(31)28-16-25(10-12-32-13-11-25)19-6-8-20(26)9-7-19/h2-9,15,23,27H,10-14,16H2,1H3,(H,28,31)(H,29,30). The zero-order valence-corrected chi connectivity index (χ0v) is 18.1. The lowest BCUT2D eigenvalue weighted by atomic mass is 9.74. The molecular weight excluding hydrogens is 409 g/mol. The number of fused-ring (bicyclic) bond motifs is 1. The first kappa shape index (κ1) is 22.0. The number of benzene rings is 2. The molecule has 0 spiro atoms. The van der Waals surface area contributed by atoms with Gasteiger partial charge in [0.15, 0.2) is 0 Å². The van der Waals surface area contributed by atoms with Gasteiger partial charge >= 0.3 is 0 Å². The molecule has 168 valence electrons. The first-order chi connectivity index (χ1) is 15.5. The van der Waals surface area contributed by atoms with Gasteiger partial charge in [-0.15, -0.1) is 0 Å². The SMILES string of the molecule is CC(=O)NC(Cc1c[nH]c2ccccc12)C(=O)NCC1(c2ccc(F)cc2)CCOCC1. The molecule has 3 N–H and O–H groups in total. The summed E-state index contributed by atoms with van der Waals surface area (Å²) in [4.78, 5) is 28.2. The molecule has 2 amide bonds. The minimum Gasteiger partial charge on any atom is -0.381 e. The highest BCUT2D eigenvalue weighted by Crippen LogP contribution is 2.34. The number of nitrogens with one attached hydrogen (secondary N) is 3. The van der Waals surface area contributed by atoms with Gasteiger partial charge in [-0.3, -0.25) is 9.59 Å². The van der Waals surface area contributed by atoms with Crippen LogP contribution in [0.1, 0.15) is 30.9 Å². The molecule has 1 atom stereocenters. The molecule has 1 aromatic heterocycles. The van der Waals surface area contributed by atoms with Gasteiger partial charge < -0.3 is 20.4 Å². The van der Waals surface area contributed by atoms with Gasteiger partial charge in [-0.1, -0.05) is 30.3 Å². The molecule has 7 heteroatoms. The number of aromatic amines is 1. The van der Waals surface area contributed by atoms with Crippen molar-refractivity contribution in [2.45, 2.75) is 37.6 Å². The van der Waals surface area contributed by atoms with Crippen LogP contribution in [-0.2, 0) is 26.2 Å². The number of rotatable bonds is 7. The van der Waals surface area contributed by atoms with Gasteiger partial charge in [-0.25, -0.2) is 4.39 Å². The number of carbonyl (C=O) groups is 2. The second-order valence-electron chi connectivity index (χ2n) is 8.43. The van der Waals surface area contributed by atoms with Gasteiger partial charge in [0.1, 0.15) is 11.9 Å². The maximum Gasteiger partial charge on any atom is 0.242 e. The highest BCUT2D eigenvalue weighted by molar-refractivity contribution is 5.89. The zero-order chi connectivity index (χ0) is 22.6. The lowest BCUT2D eigenvalue weighted by molar-refractivity contribution is -0.128. The Balaban J connectivity index is 1.51. The number of halogens is 1. The Morgan fingerprint density at radius 3 is 2.56 bits per heavy atom. The van der Waals surface area contributed by atoms with Crippen molar-refractivity contribution in [2.75, 3.05) is 19.8 Å². The van der Waals surface area contributed by atoms with Gasteiger partial charge in [0.25, 0.3) is 0 Å². The lowest BCUT2D eigenvalue weighted by Gasteiger charge is -2.38. The van der Waals surface area contributed by atoms with E-state index in [1.165, 1.54) is 19.1 Å². The normalized spacial score (nSPS) is 16.4. The van der Waals surface area contributed by atoms with Crippen LogP contribution in [0.3, 0.4) is 0 Å². The Kier molecular flexibility index (Phi) is 6.55. The highest BCUT2D eigenvalue weighted by atomic mass is 19.1. The summed E-state index contributed by atoms with van der Waals surface area (Å²) in [5.74, 6) is -0.785. The molecule has 2 aromatic carbocycles. The van der Waals surface area contributed by atoms with Crippen molar-refractivity contribution >= 4 is 22.7 Å². The van der Waals surface area contributed by atoms with E-state index in [4.69, 9.17) is 4.74 Å². The Morgan fingerprint density at radius 2 is 1.84 bits per heavy atom. The van der Waals surface area contributed by atoms with Crippen molar-refractivity contribution in [1.29, 1.82) is 0 Å². The number of amides is 2. The number of H-pyrrole nitrogens is 1. The smallest absolute Gasteiger partial charge is 0.242 e. The number of hydrogen-bond donors (Lipinski definition) is 3. The Labute approximate surface area is 186 Å². The number of ether oxygens (including phenoxy) is 1. The molecule has 0 bridgehead atoms. The third-order valence-corrected chi connectivity index (χ3v) is 6.30. The Hall–Kier alpha value is -3.19. The van der Waals surface area contributed by atoms with Gasteiger partial charge in [-0.2, -0.15) is 0 Å². The topological polar surface area (TPSA) is 83.2 Å². The van der Waals surface area contributed by atoms with E-state index in [0.29, 0.717) is 26.2 Å². The van der Waals surface area contributed by atoms with E-state index in [9.17, 15) is 14.0 Å². The highest BCUT2D eigenvalue weighted by Gasteiger charge is 2.35. The molecule has 1 aliphatic heterocycles. The number of carbonyl (C=O) groups excluding carboxylic acids is 2. The monoisotopic (exact) mass is 437 g/mol. The molecule has 4 rings (SSSR count). The Morgan fingerprint density at radius 1 is 1.12 bits per heavy atom. The molecule has 6 nitrogen and oxygen atoms in total. The van der Waals surface area contributed by atoms with E-state index in [1.807, 2.05) is 30.5 Å². The van der Waals surface area contributed by atoms with E-state index in [2.05, 4.69) is 15.6 Å². The van der Waals surface area contributed by atoms with Gasteiger partial charge in [-0.05, 0) is 42.2 Å². The summed E-state index contributed by atoms with van der Waals surface area (Å²) in [6.45, 7) is 2.97. The second kappa shape index (κ2) is 9.53. The largest absolute Gasteiger partial charge is 0.381 e. The average Bonchev–Trinajstić information content (AvgIpc) is 3.21. The fraction of sp³-hybridized carbons (Fsp3) is 0.360. The fourth-order valence-electron chi connectivity index (χ4n) is 4.49. The summed E-state index contributed by atoms with van der Waals surface area (Å²) in [5, 5.41) is 6.88. The van der Waals surface area contributed by atoms with Crippen LogP contribution < -0.4 is 10.6 Å². The molecule has 0 aliphatic carbocycles. The summed E-state index contributed by atoms with van der Waals surface area (Å²) in [5.41, 5.74) is 2.61. The van der Waals surface area contributed by atoms with E-state index in [-0.39, 0.29) is 23.0 Å². The molecule has 1 saturated heterocycles. The molecule has 2 heterocycles. The van der Waals surface area contributed by atoms with Crippen LogP contribution in [0.4, 0.5) is 4.39 Å². The summed E-state index contributed by atoms with van der Waals surface area (Å²) >= 11 is 0. The summed E-state index contributed by atoms with van der Waals surface area (Å²) in [6, 6.07) is 13.6. The van der Waals surface area contributed by atoms with Crippen LogP contribution in [0.2, 0.25) is 0 Å². The molecule has 1 unspecified atom stereocenters. The van der Waals surface area contributed by atoms with Gasteiger partial charge in [0.05, 0.1) is 0 Å². The maximum atomic E-state index is 13.5.